The SMILES string of the molecule is CCOC(=O)CNC(=O)Cn1cnc2c(cnn2-c2ccc(F)cc2)c1=O. The van der Waals surface area contributed by atoms with Gasteiger partial charge in [-0.1, -0.05) is 0 Å². The molecule has 1 N–H and O–H groups in total. The maximum absolute atomic E-state index is 13.1. The number of benzene rings is 1. The second-order valence-electron chi connectivity index (χ2n) is 5.53. The van der Waals surface area contributed by atoms with Crippen LogP contribution in [0.5, 0.6) is 0 Å². The maximum Gasteiger partial charge on any atom is 0.325 e. The summed E-state index contributed by atoms with van der Waals surface area (Å²) in [6.45, 7) is 1.29. The number of fused-ring (bicyclic) bond motifs is 1. The number of carbonyl (C=O) groups excluding carboxylic acids is 2. The van der Waals surface area contributed by atoms with Gasteiger partial charge in [0.1, 0.15) is 30.6 Å². The molecular formula is C17H16FN5O4. The van der Waals surface area contributed by atoms with Crippen molar-refractivity contribution in [1.82, 2.24) is 24.6 Å². The van der Waals surface area contributed by atoms with Crippen LogP contribution in [0.3, 0.4) is 0 Å². The van der Waals surface area contributed by atoms with Crippen LogP contribution in [-0.2, 0) is 20.9 Å². The fraction of sp³-hybridized carbons (Fsp3) is 0.235. The minimum atomic E-state index is -0.563. The monoisotopic (exact) mass is 373 g/mol. The fourth-order valence-corrected chi connectivity index (χ4v) is 2.43. The van der Waals surface area contributed by atoms with Gasteiger partial charge in [-0.05, 0) is 31.2 Å². The van der Waals surface area contributed by atoms with Crippen molar-refractivity contribution < 1.29 is 18.7 Å². The van der Waals surface area contributed by atoms with Crippen LogP contribution in [0, 0.1) is 5.82 Å². The number of nitrogens with zero attached hydrogens (tertiary/aromatic N) is 4. The van der Waals surface area contributed by atoms with E-state index in [-0.39, 0.29) is 36.5 Å². The van der Waals surface area contributed by atoms with E-state index in [0.29, 0.717) is 5.69 Å². The number of amides is 1. The summed E-state index contributed by atoms with van der Waals surface area (Å²) in [5.74, 6) is -1.48. The van der Waals surface area contributed by atoms with Gasteiger partial charge in [0.2, 0.25) is 5.91 Å². The van der Waals surface area contributed by atoms with Gasteiger partial charge in [0.05, 0.1) is 18.5 Å². The van der Waals surface area contributed by atoms with E-state index in [9.17, 15) is 18.8 Å². The van der Waals surface area contributed by atoms with Crippen molar-refractivity contribution in [1.29, 1.82) is 0 Å². The van der Waals surface area contributed by atoms with Gasteiger partial charge in [0.25, 0.3) is 5.56 Å². The largest absolute Gasteiger partial charge is 0.465 e. The lowest BCUT2D eigenvalue weighted by molar-refractivity contribution is -0.143. The molecule has 1 amide bonds. The van der Waals surface area contributed by atoms with Gasteiger partial charge >= 0.3 is 5.97 Å². The van der Waals surface area contributed by atoms with Gasteiger partial charge in [-0.15, -0.1) is 0 Å². The van der Waals surface area contributed by atoms with Crippen molar-refractivity contribution in [3.8, 4) is 5.69 Å². The molecule has 0 spiro atoms. The maximum atomic E-state index is 13.1. The number of halogens is 1. The van der Waals surface area contributed by atoms with Crippen molar-refractivity contribution in [2.75, 3.05) is 13.2 Å². The van der Waals surface area contributed by atoms with Crippen molar-refractivity contribution in [3.05, 3.63) is 53.0 Å². The first-order valence-corrected chi connectivity index (χ1v) is 8.11. The Morgan fingerprint density at radius 3 is 2.70 bits per heavy atom. The number of aromatic nitrogens is 4. The van der Waals surface area contributed by atoms with Crippen LogP contribution >= 0.6 is 0 Å². The number of esters is 1. The van der Waals surface area contributed by atoms with E-state index in [1.807, 2.05) is 0 Å². The van der Waals surface area contributed by atoms with E-state index in [4.69, 9.17) is 4.74 Å². The van der Waals surface area contributed by atoms with Gasteiger partial charge in [0, 0.05) is 0 Å². The lowest BCUT2D eigenvalue weighted by Crippen LogP contribution is -2.35. The molecule has 3 aromatic rings. The van der Waals surface area contributed by atoms with Crippen LogP contribution in [0.15, 0.2) is 41.6 Å². The molecule has 0 aliphatic heterocycles. The Labute approximate surface area is 152 Å². The highest BCUT2D eigenvalue weighted by atomic mass is 19.1. The van der Waals surface area contributed by atoms with Crippen LogP contribution < -0.4 is 10.9 Å². The topological polar surface area (TPSA) is 108 Å². The number of ether oxygens (including phenoxy) is 1. The molecule has 0 unspecified atom stereocenters. The van der Waals surface area contributed by atoms with E-state index in [1.54, 1.807) is 6.92 Å². The van der Waals surface area contributed by atoms with Crippen molar-refractivity contribution >= 4 is 22.9 Å². The highest BCUT2D eigenvalue weighted by Crippen LogP contribution is 2.13. The molecule has 1 aromatic carbocycles. The second-order valence-corrected chi connectivity index (χ2v) is 5.53. The van der Waals surface area contributed by atoms with Crippen LogP contribution in [0.4, 0.5) is 4.39 Å². The van der Waals surface area contributed by atoms with Crippen LogP contribution in [-0.4, -0.2) is 44.4 Å². The zero-order valence-corrected chi connectivity index (χ0v) is 14.4. The molecule has 0 aliphatic rings. The molecule has 0 saturated carbocycles. The third kappa shape index (κ3) is 4.00. The molecular weight excluding hydrogens is 357 g/mol. The molecule has 0 atom stereocenters. The molecule has 140 valence electrons. The number of hydrogen-bond acceptors (Lipinski definition) is 6. The summed E-state index contributed by atoms with van der Waals surface area (Å²) in [4.78, 5) is 39.9. The summed E-state index contributed by atoms with van der Waals surface area (Å²) >= 11 is 0. The predicted octanol–water partition coefficient (Wildman–Crippen LogP) is 0.401. The Balaban J connectivity index is 1.80. The molecule has 0 bridgehead atoms. The van der Waals surface area contributed by atoms with Crippen LogP contribution in [0.2, 0.25) is 0 Å². The molecule has 0 aliphatic carbocycles. The zero-order chi connectivity index (χ0) is 19.4. The third-order valence-corrected chi connectivity index (χ3v) is 3.67. The van der Waals surface area contributed by atoms with Gasteiger partial charge < -0.3 is 10.1 Å². The van der Waals surface area contributed by atoms with E-state index in [2.05, 4.69) is 15.4 Å². The molecule has 27 heavy (non-hydrogen) atoms. The summed E-state index contributed by atoms with van der Waals surface area (Å²) in [6.07, 6.45) is 2.55. The van der Waals surface area contributed by atoms with Crippen molar-refractivity contribution in [3.63, 3.8) is 0 Å². The van der Waals surface area contributed by atoms with Gasteiger partial charge in [0.15, 0.2) is 5.65 Å². The molecule has 0 fully saturated rings. The standard InChI is InChI=1S/C17H16FN5O4/c1-2-27-15(25)8-19-14(24)9-22-10-20-16-13(17(22)26)7-21-23(16)12-5-3-11(18)4-6-12/h3-7,10H,2,8-9H2,1H3,(H,19,24). The number of hydrogen-bond donors (Lipinski definition) is 1. The number of carbonyl (C=O) groups is 2. The number of nitrogens with one attached hydrogen (secondary N) is 1. The molecule has 3 rings (SSSR count). The summed E-state index contributed by atoms with van der Waals surface area (Å²) in [5, 5.41) is 6.69. The first-order valence-electron chi connectivity index (χ1n) is 8.11. The van der Waals surface area contributed by atoms with Gasteiger partial charge in [-0.25, -0.2) is 14.1 Å². The second kappa shape index (κ2) is 7.77. The molecule has 2 heterocycles. The fourth-order valence-electron chi connectivity index (χ4n) is 2.43. The molecule has 0 radical (unpaired) electrons. The molecule has 0 saturated heterocycles. The van der Waals surface area contributed by atoms with E-state index >= 15 is 0 Å². The van der Waals surface area contributed by atoms with Crippen molar-refractivity contribution in [2.45, 2.75) is 13.5 Å². The summed E-state index contributed by atoms with van der Waals surface area (Å²) < 4.78 is 20.3. The van der Waals surface area contributed by atoms with Crippen LogP contribution in [0.1, 0.15) is 6.92 Å². The van der Waals surface area contributed by atoms with Crippen molar-refractivity contribution in [2.24, 2.45) is 0 Å². The predicted molar refractivity (Wildman–Crippen MR) is 92.7 cm³/mol. The normalized spacial score (nSPS) is 10.7. The van der Waals surface area contributed by atoms with E-state index < -0.39 is 17.4 Å². The Morgan fingerprint density at radius 1 is 1.26 bits per heavy atom. The third-order valence-electron chi connectivity index (χ3n) is 3.67. The van der Waals surface area contributed by atoms with Crippen LogP contribution in [0.25, 0.3) is 16.7 Å². The molecule has 10 heteroatoms. The molecule has 2 aromatic heterocycles. The first kappa shape index (κ1) is 18.2. The molecule has 9 nitrogen and oxygen atoms in total. The Morgan fingerprint density at radius 2 is 2.00 bits per heavy atom. The highest BCUT2D eigenvalue weighted by molar-refractivity contribution is 5.82. The number of rotatable bonds is 6. The Bertz CT molecular complexity index is 1040. The first-order chi connectivity index (χ1) is 13.0. The summed E-state index contributed by atoms with van der Waals surface area (Å²) in [6, 6.07) is 5.57. The smallest absolute Gasteiger partial charge is 0.325 e. The van der Waals surface area contributed by atoms with Gasteiger partial charge in [-0.2, -0.15) is 5.10 Å². The lowest BCUT2D eigenvalue weighted by Gasteiger charge is -2.07. The van der Waals surface area contributed by atoms with E-state index in [0.717, 1.165) is 4.57 Å². The average molecular weight is 373 g/mol. The lowest BCUT2D eigenvalue weighted by atomic mass is 10.3. The van der Waals surface area contributed by atoms with Gasteiger partial charge in [-0.3, -0.25) is 19.0 Å². The zero-order valence-electron chi connectivity index (χ0n) is 14.4. The summed E-state index contributed by atoms with van der Waals surface area (Å²) in [5.41, 5.74) is 0.373. The Hall–Kier alpha value is -3.56. The highest BCUT2D eigenvalue weighted by Gasteiger charge is 2.14. The van der Waals surface area contributed by atoms with E-state index in [1.165, 1.54) is 41.5 Å². The average Bonchev–Trinajstić information content (AvgIpc) is 3.08. The minimum Gasteiger partial charge on any atom is -0.465 e. The summed E-state index contributed by atoms with van der Waals surface area (Å²) in [7, 11) is 0. The minimum absolute atomic E-state index is 0.208. The quantitative estimate of drug-likeness (QED) is 0.627. The Kier molecular flexibility index (Phi) is 5.25.